The van der Waals surface area contributed by atoms with E-state index in [0.29, 0.717) is 12.8 Å². The second kappa shape index (κ2) is 16.2. The molecule has 13 heteroatoms. The van der Waals surface area contributed by atoms with Crippen LogP contribution in [0.1, 0.15) is 81.6 Å². The Morgan fingerprint density at radius 3 is 2.20 bits per heavy atom. The molecule has 3 N–H and O–H groups in total. The molecule has 0 aromatic rings. The van der Waals surface area contributed by atoms with E-state index in [4.69, 9.17) is 33.2 Å². The number of cyclic esters (lactones) is 1. The Morgan fingerprint density at radius 2 is 1.60 bits per heavy atom. The first-order valence-electron chi connectivity index (χ1n) is 18.3. The number of Topliss-reactive ketones (excluding diaryl/α,β-unsaturated/α-hetero) is 1. The predicted octanol–water partition coefficient (Wildman–Crippen LogP) is 2.81. The van der Waals surface area contributed by atoms with Gasteiger partial charge < -0.3 is 53.4 Å². The van der Waals surface area contributed by atoms with Crippen LogP contribution in [-0.4, -0.2) is 132 Å². The molecule has 4 fully saturated rings. The summed E-state index contributed by atoms with van der Waals surface area (Å²) >= 11 is 0. The van der Waals surface area contributed by atoms with Crippen LogP contribution in [0.3, 0.4) is 0 Å². The molecule has 4 heterocycles. The van der Waals surface area contributed by atoms with Crippen LogP contribution in [0.25, 0.3) is 0 Å². The minimum atomic E-state index is -1.99. The number of hydrogen-bond donors (Lipinski definition) is 3. The van der Waals surface area contributed by atoms with Gasteiger partial charge in [0.15, 0.2) is 18.7 Å². The molecule has 0 amide bonds. The number of methoxy groups -OCH3 is 1. The Bertz CT molecular complexity index is 1200. The molecule has 0 aliphatic carbocycles. The quantitative estimate of drug-likeness (QED) is 0.201. The van der Waals surface area contributed by atoms with Crippen LogP contribution in [0.15, 0.2) is 12.2 Å². The van der Waals surface area contributed by atoms with Gasteiger partial charge in [-0.1, -0.05) is 33.8 Å². The topological polar surface area (TPSA) is 166 Å². The summed E-state index contributed by atoms with van der Waals surface area (Å²) in [7, 11) is 5.38. The highest BCUT2D eigenvalue weighted by Gasteiger charge is 2.65. The van der Waals surface area contributed by atoms with Crippen molar-refractivity contribution in [2.24, 2.45) is 29.6 Å². The van der Waals surface area contributed by atoms with Gasteiger partial charge >= 0.3 is 5.97 Å². The fraction of sp³-hybridized carbons (Fsp3) is 0.892. The van der Waals surface area contributed by atoms with Crippen molar-refractivity contribution >= 4 is 11.8 Å². The maximum Gasteiger partial charge on any atom is 0.312 e. The zero-order valence-corrected chi connectivity index (χ0v) is 32.0. The van der Waals surface area contributed by atoms with Gasteiger partial charge in [-0.3, -0.25) is 9.59 Å². The number of nitrogens with zero attached hydrogens (tertiary/aromatic N) is 1. The van der Waals surface area contributed by atoms with E-state index >= 15 is 0 Å². The summed E-state index contributed by atoms with van der Waals surface area (Å²) in [5, 5.41) is 34.5. The molecule has 0 aromatic carbocycles. The number of fused-ring (bicyclic) bond motifs is 1. The number of aliphatic hydroxyl groups excluding tert-OH is 2. The normalized spacial score (nSPS) is 49.8. The fourth-order valence-corrected chi connectivity index (χ4v) is 8.34. The summed E-state index contributed by atoms with van der Waals surface area (Å²) in [6.07, 6.45) is -3.57. The Morgan fingerprint density at radius 1 is 0.940 bits per heavy atom. The second-order valence-electron chi connectivity index (χ2n) is 15.8. The van der Waals surface area contributed by atoms with Gasteiger partial charge in [-0.15, -0.1) is 0 Å². The molecule has 4 aliphatic rings. The number of allylic oxidation sites excluding steroid dienone is 1. The number of rotatable bonds is 7. The number of ether oxygens (including phenoxy) is 7. The lowest BCUT2D eigenvalue weighted by Crippen LogP contribution is -2.57. The van der Waals surface area contributed by atoms with Gasteiger partial charge in [-0.05, 0) is 73.5 Å². The molecule has 0 saturated carbocycles. The first kappa shape index (κ1) is 41.2. The molecule has 18 atom stereocenters. The number of epoxide rings is 1. The van der Waals surface area contributed by atoms with Crippen LogP contribution < -0.4 is 0 Å². The van der Waals surface area contributed by atoms with Crippen molar-refractivity contribution in [3.05, 3.63) is 12.2 Å². The maximum absolute atomic E-state index is 14.1. The number of ketones is 1. The molecular formula is C37H63NO12. The zero-order valence-electron chi connectivity index (χ0n) is 32.0. The Balaban J connectivity index is 1.77. The van der Waals surface area contributed by atoms with E-state index in [1.807, 2.05) is 46.7 Å². The Kier molecular flexibility index (Phi) is 13.4. The molecule has 50 heavy (non-hydrogen) atoms. The molecule has 0 aromatic heterocycles. The van der Waals surface area contributed by atoms with Gasteiger partial charge in [-0.2, -0.15) is 0 Å². The molecule has 288 valence electrons. The van der Waals surface area contributed by atoms with E-state index in [-0.39, 0.29) is 42.5 Å². The molecule has 0 spiro atoms. The SMILES string of the molecule is C/C=C/C1OC(=O)[C@H](C)C(OC2CC3(OC)OC3C(C)O2)[C@H](C)[C@@H](OC2OC(C)CC(N(C)C)C2O)[C@@H](C)C[C@@H](C)C(=O)[C@H](C)C(O)[C@]1(C)O. The highest BCUT2D eigenvalue weighted by molar-refractivity contribution is 5.83. The third kappa shape index (κ3) is 8.48. The lowest BCUT2D eigenvalue weighted by atomic mass is 9.76. The summed E-state index contributed by atoms with van der Waals surface area (Å²) < 4.78 is 43.4. The molecular weight excluding hydrogens is 650 g/mol. The maximum atomic E-state index is 14.1. The summed E-state index contributed by atoms with van der Waals surface area (Å²) in [6.45, 7) is 15.8. The van der Waals surface area contributed by atoms with Crippen molar-refractivity contribution in [3.63, 3.8) is 0 Å². The zero-order chi connectivity index (χ0) is 37.5. The largest absolute Gasteiger partial charge is 0.455 e. The van der Waals surface area contributed by atoms with Crippen molar-refractivity contribution in [2.45, 2.75) is 160 Å². The van der Waals surface area contributed by atoms with E-state index in [1.165, 1.54) is 13.0 Å². The minimum Gasteiger partial charge on any atom is -0.455 e. The number of hydrogen-bond acceptors (Lipinski definition) is 13. The average Bonchev–Trinajstić information content (AvgIpc) is 3.80. The number of aliphatic hydroxyl groups is 3. The molecule has 13 nitrogen and oxygen atoms in total. The number of carbonyl (C=O) groups excluding carboxylic acids is 2. The van der Waals surface area contributed by atoms with Gasteiger partial charge in [0, 0.05) is 30.9 Å². The van der Waals surface area contributed by atoms with Gasteiger partial charge in [-0.25, -0.2) is 0 Å². The number of likely N-dealkylation sites (N-methyl/N-ethyl adjacent to an activating group) is 1. The van der Waals surface area contributed by atoms with Gasteiger partial charge in [0.25, 0.3) is 0 Å². The van der Waals surface area contributed by atoms with Crippen LogP contribution in [0.5, 0.6) is 0 Å². The van der Waals surface area contributed by atoms with Crippen molar-refractivity contribution in [2.75, 3.05) is 21.2 Å². The smallest absolute Gasteiger partial charge is 0.312 e. The summed E-state index contributed by atoms with van der Waals surface area (Å²) in [5.74, 6) is -5.07. The highest BCUT2D eigenvalue weighted by atomic mass is 16.8. The van der Waals surface area contributed by atoms with Crippen molar-refractivity contribution in [1.82, 2.24) is 4.90 Å². The summed E-state index contributed by atoms with van der Waals surface area (Å²) in [4.78, 5) is 29.9. The monoisotopic (exact) mass is 713 g/mol. The van der Waals surface area contributed by atoms with Crippen LogP contribution in [-0.2, 0) is 42.7 Å². The van der Waals surface area contributed by atoms with E-state index in [1.54, 1.807) is 40.9 Å². The Hall–Kier alpha value is -1.52. The van der Waals surface area contributed by atoms with Crippen molar-refractivity contribution in [3.8, 4) is 0 Å². The third-order valence-electron chi connectivity index (χ3n) is 11.5. The first-order chi connectivity index (χ1) is 23.3. The summed E-state index contributed by atoms with van der Waals surface area (Å²) in [5.41, 5.74) is -1.99. The summed E-state index contributed by atoms with van der Waals surface area (Å²) in [6, 6.07) is -0.221. The number of esters is 1. The standard InChI is InChI=1S/C37H63NO12/c1-13-14-26-36(9,43)32(41)21(5)28(39)18(2)15-19(3)30(49-35-29(40)25(38(10)11)16-20(4)45-35)22(6)31(23(7)34(42)47-26)48-27-17-37(44-12)33(50-37)24(8)46-27/h13-14,18-27,29-33,35,40-41,43H,15-17H2,1-12H3/b14-13+/t18-,19+,20?,21+,22-,23-,24?,25?,26?,27?,29?,30+,31?,32?,33?,35?,36-,37?/m1/s1. The van der Waals surface area contributed by atoms with E-state index in [2.05, 4.69) is 0 Å². The molecule has 4 saturated heterocycles. The lowest BCUT2D eigenvalue weighted by Gasteiger charge is -2.46. The first-order valence-corrected chi connectivity index (χ1v) is 18.3. The highest BCUT2D eigenvalue weighted by Crippen LogP contribution is 2.49. The molecule has 11 unspecified atom stereocenters. The van der Waals surface area contributed by atoms with Gasteiger partial charge in [0.1, 0.15) is 23.6 Å². The predicted molar refractivity (Wildman–Crippen MR) is 183 cm³/mol. The van der Waals surface area contributed by atoms with E-state index in [9.17, 15) is 24.9 Å². The fourth-order valence-electron chi connectivity index (χ4n) is 8.34. The second-order valence-corrected chi connectivity index (χ2v) is 15.8. The van der Waals surface area contributed by atoms with Crippen LogP contribution in [0.4, 0.5) is 0 Å². The minimum absolute atomic E-state index is 0.200. The molecule has 0 radical (unpaired) electrons. The Labute approximate surface area is 297 Å². The molecule has 0 bridgehead atoms. The molecule has 4 aliphatic heterocycles. The molecule has 4 rings (SSSR count). The van der Waals surface area contributed by atoms with Crippen molar-refractivity contribution < 1.29 is 58.1 Å². The number of carbonyl (C=O) groups is 2. The van der Waals surface area contributed by atoms with Crippen LogP contribution >= 0.6 is 0 Å². The van der Waals surface area contributed by atoms with Crippen molar-refractivity contribution in [1.29, 1.82) is 0 Å². The van der Waals surface area contributed by atoms with Crippen LogP contribution in [0.2, 0.25) is 0 Å². The van der Waals surface area contributed by atoms with Gasteiger partial charge in [0.2, 0.25) is 5.79 Å². The average molecular weight is 714 g/mol. The van der Waals surface area contributed by atoms with Crippen LogP contribution in [0, 0.1) is 29.6 Å². The lowest BCUT2D eigenvalue weighted by molar-refractivity contribution is -0.292. The van der Waals surface area contributed by atoms with Gasteiger partial charge in [0.05, 0.1) is 42.9 Å². The van der Waals surface area contributed by atoms with E-state index in [0.717, 1.165) is 0 Å². The van der Waals surface area contributed by atoms with E-state index < -0.39 is 84.1 Å². The third-order valence-corrected chi connectivity index (χ3v) is 11.5.